The van der Waals surface area contributed by atoms with E-state index in [2.05, 4.69) is 4.84 Å². The average Bonchev–Trinajstić information content (AvgIpc) is 2.11. The Kier molecular flexibility index (Phi) is 3.55. The van der Waals surface area contributed by atoms with Crippen molar-refractivity contribution < 1.29 is 13.6 Å². The fraction of sp³-hybridized carbons (Fsp3) is 0.400. The summed E-state index contributed by atoms with van der Waals surface area (Å²) in [4.78, 5) is 4.24. The highest BCUT2D eigenvalue weighted by Gasteiger charge is 2.15. The van der Waals surface area contributed by atoms with Crippen LogP contribution in [0, 0.1) is 11.6 Å². The second-order valence-corrected chi connectivity index (χ2v) is 3.39. The van der Waals surface area contributed by atoms with Crippen LogP contribution in [0.2, 0.25) is 0 Å². The molecule has 1 aromatic rings. The van der Waals surface area contributed by atoms with Gasteiger partial charge in [-0.3, -0.25) is 4.84 Å². The summed E-state index contributed by atoms with van der Waals surface area (Å²) >= 11 is 0. The molecule has 4 heteroatoms. The van der Waals surface area contributed by atoms with E-state index < -0.39 is 11.6 Å². The minimum Gasteiger partial charge on any atom is -0.300 e. The fourth-order valence-corrected chi connectivity index (χ4v) is 1.28. The number of hydrogen-bond donors (Lipinski definition) is 1. The third kappa shape index (κ3) is 2.08. The van der Waals surface area contributed by atoms with Gasteiger partial charge >= 0.3 is 0 Å². The molecule has 0 aliphatic carbocycles. The van der Waals surface area contributed by atoms with Crippen molar-refractivity contribution in [1.82, 2.24) is 0 Å². The van der Waals surface area contributed by atoms with Crippen molar-refractivity contribution in [1.29, 1.82) is 0 Å². The first-order valence-electron chi connectivity index (χ1n) is 4.36. The lowest BCUT2D eigenvalue weighted by Crippen LogP contribution is -2.06. The third-order valence-corrected chi connectivity index (χ3v) is 2.07. The molecule has 0 aliphatic heterocycles. The second-order valence-electron chi connectivity index (χ2n) is 3.39. The highest BCUT2D eigenvalue weighted by atomic mass is 19.1. The van der Waals surface area contributed by atoms with Crippen molar-refractivity contribution >= 4 is 0 Å². The molecule has 0 amide bonds. The van der Waals surface area contributed by atoms with Gasteiger partial charge in [-0.1, -0.05) is 19.9 Å². The Labute approximate surface area is 81.6 Å². The van der Waals surface area contributed by atoms with E-state index in [1.165, 1.54) is 12.1 Å². The SMILES string of the molecule is CC(C)c1ccc(F)c(CON)c1F. The Morgan fingerprint density at radius 1 is 1.36 bits per heavy atom. The standard InChI is InChI=1S/C10H13F2NO/c1-6(2)7-3-4-9(11)8(5-14-13)10(7)12/h3-4,6H,5,13H2,1-2H3. The molecule has 0 atom stereocenters. The second kappa shape index (κ2) is 4.48. The van der Waals surface area contributed by atoms with Crippen LogP contribution in [0.1, 0.15) is 30.9 Å². The number of hydrogen-bond acceptors (Lipinski definition) is 2. The molecule has 2 N–H and O–H groups in total. The quantitative estimate of drug-likeness (QED) is 0.762. The molecule has 1 rings (SSSR count). The number of nitrogens with two attached hydrogens (primary N) is 1. The van der Waals surface area contributed by atoms with Gasteiger partial charge in [-0.25, -0.2) is 14.7 Å². The monoisotopic (exact) mass is 201 g/mol. The number of rotatable bonds is 3. The molecule has 0 saturated heterocycles. The third-order valence-electron chi connectivity index (χ3n) is 2.07. The highest BCUT2D eigenvalue weighted by molar-refractivity contribution is 5.29. The summed E-state index contributed by atoms with van der Waals surface area (Å²) in [7, 11) is 0. The van der Waals surface area contributed by atoms with Gasteiger partial charge in [-0.05, 0) is 17.5 Å². The summed E-state index contributed by atoms with van der Waals surface area (Å²) in [6, 6.07) is 2.67. The molecule has 0 spiro atoms. The van der Waals surface area contributed by atoms with Gasteiger partial charge in [-0.15, -0.1) is 0 Å². The van der Waals surface area contributed by atoms with E-state index in [1.54, 1.807) is 0 Å². The number of halogens is 2. The zero-order valence-corrected chi connectivity index (χ0v) is 8.18. The van der Waals surface area contributed by atoms with Gasteiger partial charge in [-0.2, -0.15) is 0 Å². The van der Waals surface area contributed by atoms with E-state index in [1.807, 2.05) is 13.8 Å². The predicted molar refractivity (Wildman–Crippen MR) is 49.4 cm³/mol. The van der Waals surface area contributed by atoms with Gasteiger partial charge < -0.3 is 0 Å². The van der Waals surface area contributed by atoms with E-state index >= 15 is 0 Å². The maximum absolute atomic E-state index is 13.6. The minimum absolute atomic E-state index is 0.00660. The van der Waals surface area contributed by atoms with E-state index in [9.17, 15) is 8.78 Å². The zero-order valence-electron chi connectivity index (χ0n) is 8.18. The first kappa shape index (κ1) is 11.1. The summed E-state index contributed by atoms with van der Waals surface area (Å²) in [6.45, 7) is 3.42. The van der Waals surface area contributed by atoms with Crippen molar-refractivity contribution in [3.63, 3.8) is 0 Å². The minimum atomic E-state index is -0.627. The molecular weight excluding hydrogens is 188 g/mol. The summed E-state index contributed by atoms with van der Waals surface area (Å²) in [5.41, 5.74) is 0.358. The Bertz CT molecular complexity index is 326. The summed E-state index contributed by atoms with van der Waals surface area (Å²) in [5.74, 6) is 3.61. The summed E-state index contributed by atoms with van der Waals surface area (Å²) in [6.07, 6.45) is 0. The first-order valence-corrected chi connectivity index (χ1v) is 4.36. The van der Waals surface area contributed by atoms with Gasteiger partial charge in [0.05, 0.1) is 12.2 Å². The maximum Gasteiger partial charge on any atom is 0.135 e. The highest BCUT2D eigenvalue weighted by Crippen LogP contribution is 2.23. The molecular formula is C10H13F2NO. The Hall–Kier alpha value is -1.00. The van der Waals surface area contributed by atoms with Crippen LogP contribution in [0.3, 0.4) is 0 Å². The van der Waals surface area contributed by atoms with E-state index in [0.29, 0.717) is 5.56 Å². The van der Waals surface area contributed by atoms with Crippen LogP contribution in [0.25, 0.3) is 0 Å². The van der Waals surface area contributed by atoms with Gasteiger partial charge in [0, 0.05) is 0 Å². The predicted octanol–water partition coefficient (Wildman–Crippen LogP) is 2.48. The van der Waals surface area contributed by atoms with Gasteiger partial charge in [0.25, 0.3) is 0 Å². The molecule has 2 nitrogen and oxygen atoms in total. The van der Waals surface area contributed by atoms with Crippen molar-refractivity contribution in [3.8, 4) is 0 Å². The average molecular weight is 201 g/mol. The largest absolute Gasteiger partial charge is 0.300 e. The van der Waals surface area contributed by atoms with Crippen LogP contribution in [-0.4, -0.2) is 0 Å². The van der Waals surface area contributed by atoms with Crippen molar-refractivity contribution in [2.75, 3.05) is 0 Å². The normalized spacial score (nSPS) is 11.0. The van der Waals surface area contributed by atoms with E-state index in [-0.39, 0.29) is 18.1 Å². The molecule has 0 heterocycles. The lowest BCUT2D eigenvalue weighted by molar-refractivity contribution is 0.118. The number of benzene rings is 1. The smallest absolute Gasteiger partial charge is 0.135 e. The van der Waals surface area contributed by atoms with Crippen molar-refractivity contribution in [3.05, 3.63) is 34.9 Å². The van der Waals surface area contributed by atoms with Gasteiger partial charge in [0.2, 0.25) is 0 Å². The molecule has 0 bridgehead atoms. The Morgan fingerprint density at radius 2 is 2.00 bits per heavy atom. The van der Waals surface area contributed by atoms with Crippen LogP contribution in [0.5, 0.6) is 0 Å². The molecule has 78 valence electrons. The van der Waals surface area contributed by atoms with Crippen LogP contribution >= 0.6 is 0 Å². The van der Waals surface area contributed by atoms with Crippen molar-refractivity contribution in [2.24, 2.45) is 5.90 Å². The van der Waals surface area contributed by atoms with E-state index in [4.69, 9.17) is 5.90 Å². The summed E-state index contributed by atoms with van der Waals surface area (Å²) in [5, 5.41) is 0. The van der Waals surface area contributed by atoms with E-state index in [0.717, 1.165) is 0 Å². The molecule has 1 aromatic carbocycles. The topological polar surface area (TPSA) is 35.2 Å². The molecule has 0 fully saturated rings. The molecule has 0 unspecified atom stereocenters. The fourth-order valence-electron chi connectivity index (χ4n) is 1.28. The lowest BCUT2D eigenvalue weighted by Gasteiger charge is -2.11. The van der Waals surface area contributed by atoms with Crippen LogP contribution in [0.15, 0.2) is 12.1 Å². The molecule has 14 heavy (non-hydrogen) atoms. The lowest BCUT2D eigenvalue weighted by atomic mass is 10.00. The maximum atomic E-state index is 13.6. The van der Waals surface area contributed by atoms with Crippen LogP contribution in [-0.2, 0) is 11.4 Å². The van der Waals surface area contributed by atoms with Gasteiger partial charge in [0.1, 0.15) is 11.6 Å². The van der Waals surface area contributed by atoms with Crippen LogP contribution in [0.4, 0.5) is 8.78 Å². The molecule has 0 aromatic heterocycles. The van der Waals surface area contributed by atoms with Crippen LogP contribution < -0.4 is 5.90 Å². The summed E-state index contributed by atoms with van der Waals surface area (Å²) < 4.78 is 26.7. The Morgan fingerprint density at radius 3 is 2.50 bits per heavy atom. The zero-order chi connectivity index (χ0) is 10.7. The molecule has 0 saturated carbocycles. The first-order chi connectivity index (χ1) is 6.57. The molecule has 0 radical (unpaired) electrons. The molecule has 0 aliphatic rings. The Balaban J connectivity index is 3.19. The van der Waals surface area contributed by atoms with Gasteiger partial charge in [0.15, 0.2) is 0 Å². The van der Waals surface area contributed by atoms with Crippen molar-refractivity contribution in [2.45, 2.75) is 26.4 Å².